The molecule has 0 aromatic rings. The minimum Gasteiger partial charge on any atom is -0.478 e. The lowest BCUT2D eigenvalue weighted by molar-refractivity contribution is -0.159. The van der Waals surface area contributed by atoms with Gasteiger partial charge in [-0.2, -0.15) is 13.2 Å². The number of allylic oxidation sites excluding steroid dienone is 3. The molecule has 0 saturated carbocycles. The van der Waals surface area contributed by atoms with E-state index in [-0.39, 0.29) is 19.6 Å². The van der Waals surface area contributed by atoms with E-state index in [9.17, 15) is 18.0 Å². The summed E-state index contributed by atoms with van der Waals surface area (Å²) >= 11 is 0. The van der Waals surface area contributed by atoms with Crippen LogP contribution in [0.25, 0.3) is 0 Å². The number of carbonyl (C=O) groups is 1. The molecule has 2 N–H and O–H groups in total. The standard InChI is InChI=1S/C21H32BF3N2O5/c1-7-29-17(28)20(13-30-16(26)12-15(27-6)21(23,24)25)10-8-14(9-11-20)22-31-18(2,3)19(4,5)32-22/h8,12H,7,9-11,13,26H2,1-6H3. The van der Waals surface area contributed by atoms with Crippen molar-refractivity contribution in [3.05, 3.63) is 23.5 Å². The molecule has 0 spiro atoms. The largest absolute Gasteiger partial charge is 0.490 e. The molecule has 0 amide bonds. The van der Waals surface area contributed by atoms with E-state index in [0.717, 1.165) is 12.5 Å². The number of hydrogen-bond donors (Lipinski definition) is 1. The van der Waals surface area contributed by atoms with Gasteiger partial charge < -0.3 is 24.5 Å². The fraction of sp³-hybridized carbons (Fsp3) is 0.714. The molecule has 0 aromatic carbocycles. The van der Waals surface area contributed by atoms with E-state index in [4.69, 9.17) is 24.5 Å². The third-order valence-corrected chi connectivity index (χ3v) is 6.24. The zero-order valence-corrected chi connectivity index (χ0v) is 19.5. The van der Waals surface area contributed by atoms with Crippen molar-refractivity contribution in [3.63, 3.8) is 0 Å². The van der Waals surface area contributed by atoms with Crippen LogP contribution in [0.4, 0.5) is 13.2 Å². The fourth-order valence-electron chi connectivity index (χ4n) is 3.45. The lowest BCUT2D eigenvalue weighted by atomic mass is 9.66. The molecule has 1 saturated heterocycles. The summed E-state index contributed by atoms with van der Waals surface area (Å²) in [5, 5.41) is 0. The summed E-state index contributed by atoms with van der Waals surface area (Å²) in [6.45, 7) is 9.45. The maximum atomic E-state index is 12.9. The second-order valence-corrected chi connectivity index (χ2v) is 9.01. The van der Waals surface area contributed by atoms with Crippen LogP contribution in [0.3, 0.4) is 0 Å². The Balaban J connectivity index is 2.17. The molecule has 1 aliphatic carbocycles. The quantitative estimate of drug-likeness (QED) is 0.270. The van der Waals surface area contributed by atoms with Crippen LogP contribution in [0.1, 0.15) is 53.9 Å². The maximum absolute atomic E-state index is 12.9. The van der Waals surface area contributed by atoms with Gasteiger partial charge in [-0.3, -0.25) is 9.79 Å². The van der Waals surface area contributed by atoms with Gasteiger partial charge in [0, 0.05) is 13.1 Å². The lowest BCUT2D eigenvalue weighted by Crippen LogP contribution is -2.41. The fourth-order valence-corrected chi connectivity index (χ4v) is 3.45. The first kappa shape index (κ1) is 26.2. The van der Waals surface area contributed by atoms with E-state index in [0.29, 0.717) is 18.9 Å². The highest BCUT2D eigenvalue weighted by Crippen LogP contribution is 2.43. The molecule has 2 aliphatic rings. The Labute approximate surface area is 187 Å². The minimum atomic E-state index is -4.66. The Kier molecular flexibility index (Phi) is 7.76. The van der Waals surface area contributed by atoms with Crippen molar-refractivity contribution in [2.24, 2.45) is 16.1 Å². The van der Waals surface area contributed by atoms with Crippen molar-refractivity contribution < 1.29 is 36.7 Å². The number of rotatable bonds is 7. The molecule has 1 heterocycles. The first-order chi connectivity index (χ1) is 14.7. The summed E-state index contributed by atoms with van der Waals surface area (Å²) < 4.78 is 61.4. The minimum absolute atomic E-state index is 0.167. The number of nitrogens with two attached hydrogens (primary N) is 1. The van der Waals surface area contributed by atoms with Crippen LogP contribution >= 0.6 is 0 Å². The highest BCUT2D eigenvalue weighted by atomic mass is 19.4. The van der Waals surface area contributed by atoms with Crippen LogP contribution in [0.2, 0.25) is 0 Å². The van der Waals surface area contributed by atoms with Gasteiger partial charge in [-0.05, 0) is 59.4 Å². The van der Waals surface area contributed by atoms with Gasteiger partial charge in [-0.15, -0.1) is 0 Å². The Morgan fingerprint density at radius 3 is 2.28 bits per heavy atom. The highest BCUT2D eigenvalue weighted by Gasteiger charge is 2.53. The van der Waals surface area contributed by atoms with Crippen LogP contribution in [-0.2, 0) is 23.6 Å². The molecular formula is C21H32BF3N2O5. The normalized spacial score (nSPS) is 26.0. The number of aliphatic imine (C=N–C) groups is 1. The van der Waals surface area contributed by atoms with E-state index >= 15 is 0 Å². The molecule has 32 heavy (non-hydrogen) atoms. The highest BCUT2D eigenvalue weighted by molar-refractivity contribution is 6.54. The molecule has 11 heteroatoms. The van der Waals surface area contributed by atoms with Crippen molar-refractivity contribution in [2.75, 3.05) is 20.3 Å². The third kappa shape index (κ3) is 5.67. The Bertz CT molecular complexity index is 792. The predicted octanol–water partition coefficient (Wildman–Crippen LogP) is 3.73. The number of alkyl halides is 3. The molecule has 1 fully saturated rings. The van der Waals surface area contributed by atoms with Crippen molar-refractivity contribution in [2.45, 2.75) is 71.3 Å². The van der Waals surface area contributed by atoms with Crippen LogP contribution in [0.15, 0.2) is 28.5 Å². The van der Waals surface area contributed by atoms with E-state index in [1.807, 2.05) is 33.8 Å². The van der Waals surface area contributed by atoms with Gasteiger partial charge in [0.1, 0.15) is 17.7 Å². The summed E-state index contributed by atoms with van der Waals surface area (Å²) in [4.78, 5) is 15.9. The van der Waals surface area contributed by atoms with Gasteiger partial charge in [-0.25, -0.2) is 0 Å². The third-order valence-electron chi connectivity index (χ3n) is 6.24. The second kappa shape index (κ2) is 9.47. The SMILES string of the molecule is CCOC(=O)C1(COC(N)=CC(=NC)C(F)(F)F)CC=C(B2OC(C)(C)C(C)(C)O2)CC1. The Hall–Kier alpha value is -2.01. The summed E-state index contributed by atoms with van der Waals surface area (Å²) in [6, 6.07) is 0. The van der Waals surface area contributed by atoms with Crippen molar-refractivity contribution in [1.82, 2.24) is 0 Å². The van der Waals surface area contributed by atoms with Crippen LogP contribution < -0.4 is 5.73 Å². The van der Waals surface area contributed by atoms with Crippen LogP contribution in [-0.4, -0.2) is 56.4 Å². The molecule has 7 nitrogen and oxygen atoms in total. The number of hydrogen-bond acceptors (Lipinski definition) is 7. The average molecular weight is 460 g/mol. The molecular weight excluding hydrogens is 428 g/mol. The smallest absolute Gasteiger partial charge is 0.478 e. The van der Waals surface area contributed by atoms with Crippen molar-refractivity contribution in [1.29, 1.82) is 0 Å². The molecule has 0 aromatic heterocycles. The molecule has 0 bridgehead atoms. The molecule has 2 rings (SSSR count). The van der Waals surface area contributed by atoms with Gasteiger partial charge in [-0.1, -0.05) is 6.08 Å². The molecule has 1 aliphatic heterocycles. The molecule has 0 radical (unpaired) electrons. The van der Waals surface area contributed by atoms with Gasteiger partial charge >= 0.3 is 19.3 Å². The predicted molar refractivity (Wildman–Crippen MR) is 115 cm³/mol. The number of ether oxygens (including phenoxy) is 2. The monoisotopic (exact) mass is 460 g/mol. The summed E-state index contributed by atoms with van der Waals surface area (Å²) in [5.74, 6) is -0.968. The van der Waals surface area contributed by atoms with Crippen LogP contribution in [0, 0.1) is 5.41 Å². The number of esters is 1. The topological polar surface area (TPSA) is 92.4 Å². The van der Waals surface area contributed by atoms with Crippen LogP contribution in [0.5, 0.6) is 0 Å². The number of halogens is 3. The Morgan fingerprint density at radius 2 is 1.84 bits per heavy atom. The number of carbonyl (C=O) groups excluding carboxylic acids is 1. The lowest BCUT2D eigenvalue weighted by Gasteiger charge is -2.34. The maximum Gasteiger partial charge on any atom is 0.490 e. The van der Waals surface area contributed by atoms with E-state index < -0.39 is 47.5 Å². The second-order valence-electron chi connectivity index (χ2n) is 9.01. The Morgan fingerprint density at radius 1 is 1.25 bits per heavy atom. The van der Waals surface area contributed by atoms with E-state index in [1.165, 1.54) is 0 Å². The summed E-state index contributed by atoms with van der Waals surface area (Å²) in [5.41, 5.74) is 3.30. The zero-order chi connectivity index (χ0) is 24.4. The van der Waals surface area contributed by atoms with Gasteiger partial charge in [0.05, 0.1) is 17.8 Å². The van der Waals surface area contributed by atoms with Gasteiger partial charge in [0.25, 0.3) is 0 Å². The van der Waals surface area contributed by atoms with Crippen molar-refractivity contribution >= 4 is 18.8 Å². The first-order valence-corrected chi connectivity index (χ1v) is 10.5. The molecule has 1 atom stereocenters. The first-order valence-electron chi connectivity index (χ1n) is 10.5. The number of nitrogens with zero attached hydrogens (tertiary/aromatic N) is 1. The zero-order valence-electron chi connectivity index (χ0n) is 19.5. The molecule has 180 valence electrons. The summed E-state index contributed by atoms with van der Waals surface area (Å²) in [7, 11) is 0.483. The van der Waals surface area contributed by atoms with E-state index in [2.05, 4.69) is 4.99 Å². The van der Waals surface area contributed by atoms with Gasteiger partial charge in [0.2, 0.25) is 0 Å². The van der Waals surface area contributed by atoms with E-state index in [1.54, 1.807) is 6.92 Å². The summed E-state index contributed by atoms with van der Waals surface area (Å²) in [6.07, 6.45) is -1.11. The van der Waals surface area contributed by atoms with Gasteiger partial charge in [0.15, 0.2) is 5.88 Å². The average Bonchev–Trinajstić information content (AvgIpc) is 2.91. The van der Waals surface area contributed by atoms with Crippen molar-refractivity contribution in [3.8, 4) is 0 Å². The molecule has 1 unspecified atom stereocenters.